The van der Waals surface area contributed by atoms with Gasteiger partial charge in [-0.25, -0.2) is 12.7 Å². The van der Waals surface area contributed by atoms with E-state index < -0.39 is 10.0 Å². The number of benzene rings is 1. The topological polar surface area (TPSA) is 69.6 Å². The molecule has 0 unspecified atom stereocenters. The standard InChI is InChI=1S/C15H22N2O3S/c18-14-3-1-2-12(10-14)11-16-13-6-8-17(9-7-13)21(19,20)15-4-5-15/h1-3,10,13,15-16,18H,4-9,11H2. The Morgan fingerprint density at radius 1 is 1.19 bits per heavy atom. The quantitative estimate of drug-likeness (QED) is 0.863. The van der Waals surface area contributed by atoms with E-state index in [-0.39, 0.29) is 11.0 Å². The van der Waals surface area contributed by atoms with Crippen molar-refractivity contribution in [2.75, 3.05) is 13.1 Å². The highest BCUT2D eigenvalue weighted by Gasteiger charge is 2.41. The lowest BCUT2D eigenvalue weighted by Gasteiger charge is -2.31. The molecule has 5 nitrogen and oxygen atoms in total. The summed E-state index contributed by atoms with van der Waals surface area (Å²) in [5.41, 5.74) is 1.04. The number of phenolic OH excluding ortho intramolecular Hbond substituents is 1. The number of rotatable bonds is 5. The molecule has 1 heterocycles. The zero-order chi connectivity index (χ0) is 14.9. The summed E-state index contributed by atoms with van der Waals surface area (Å²) in [6, 6.07) is 7.55. The number of sulfonamides is 1. The van der Waals surface area contributed by atoms with Crippen molar-refractivity contribution in [2.45, 2.75) is 43.5 Å². The molecule has 1 aliphatic carbocycles. The number of phenols is 1. The fourth-order valence-electron chi connectivity index (χ4n) is 2.82. The molecule has 0 aromatic heterocycles. The fraction of sp³-hybridized carbons (Fsp3) is 0.600. The first-order valence-corrected chi connectivity index (χ1v) is 9.06. The maximum atomic E-state index is 12.1. The molecule has 116 valence electrons. The highest BCUT2D eigenvalue weighted by atomic mass is 32.2. The molecule has 0 atom stereocenters. The smallest absolute Gasteiger partial charge is 0.216 e. The maximum absolute atomic E-state index is 12.1. The molecular weight excluding hydrogens is 288 g/mol. The van der Waals surface area contributed by atoms with E-state index in [1.807, 2.05) is 12.1 Å². The van der Waals surface area contributed by atoms with E-state index >= 15 is 0 Å². The van der Waals surface area contributed by atoms with Crippen LogP contribution in [0.1, 0.15) is 31.2 Å². The molecule has 2 aliphatic rings. The molecule has 6 heteroatoms. The SMILES string of the molecule is O=S(=O)(C1CC1)N1CCC(NCc2cccc(O)c2)CC1. The van der Waals surface area contributed by atoms with Gasteiger partial charge in [0.25, 0.3) is 0 Å². The third-order valence-electron chi connectivity index (χ3n) is 4.26. The lowest BCUT2D eigenvalue weighted by molar-refractivity contribution is 0.288. The van der Waals surface area contributed by atoms with Crippen LogP contribution >= 0.6 is 0 Å². The minimum Gasteiger partial charge on any atom is -0.508 e. The minimum absolute atomic E-state index is 0.102. The Morgan fingerprint density at radius 2 is 1.90 bits per heavy atom. The Labute approximate surface area is 126 Å². The summed E-state index contributed by atoms with van der Waals surface area (Å²) in [5.74, 6) is 0.277. The van der Waals surface area contributed by atoms with Gasteiger partial charge in [-0.3, -0.25) is 0 Å². The molecule has 2 N–H and O–H groups in total. The summed E-state index contributed by atoms with van der Waals surface area (Å²) in [6.07, 6.45) is 3.37. The van der Waals surface area contributed by atoms with E-state index in [9.17, 15) is 13.5 Å². The van der Waals surface area contributed by atoms with Gasteiger partial charge in [0.05, 0.1) is 5.25 Å². The maximum Gasteiger partial charge on any atom is 0.216 e. The van der Waals surface area contributed by atoms with Crippen molar-refractivity contribution in [1.82, 2.24) is 9.62 Å². The van der Waals surface area contributed by atoms with Crippen molar-refractivity contribution in [3.05, 3.63) is 29.8 Å². The van der Waals surface area contributed by atoms with Crippen LogP contribution in [0.5, 0.6) is 5.75 Å². The monoisotopic (exact) mass is 310 g/mol. The van der Waals surface area contributed by atoms with Crippen LogP contribution < -0.4 is 5.32 Å². The number of aromatic hydroxyl groups is 1. The molecule has 1 saturated carbocycles. The van der Waals surface area contributed by atoms with Crippen molar-refractivity contribution in [1.29, 1.82) is 0 Å². The Balaban J connectivity index is 1.48. The Hall–Kier alpha value is -1.11. The molecule has 1 saturated heterocycles. The fourth-order valence-corrected chi connectivity index (χ4v) is 4.69. The third kappa shape index (κ3) is 3.56. The van der Waals surface area contributed by atoms with Crippen LogP contribution in [-0.2, 0) is 16.6 Å². The Kier molecular flexibility index (Phi) is 4.19. The van der Waals surface area contributed by atoms with Gasteiger partial charge < -0.3 is 10.4 Å². The van der Waals surface area contributed by atoms with Crippen LogP contribution in [0.2, 0.25) is 0 Å². The molecule has 1 aromatic rings. The molecule has 1 aromatic carbocycles. The Morgan fingerprint density at radius 3 is 2.52 bits per heavy atom. The summed E-state index contributed by atoms with van der Waals surface area (Å²) in [5, 5.41) is 12.8. The zero-order valence-corrected chi connectivity index (χ0v) is 12.8. The molecule has 1 aliphatic heterocycles. The predicted octanol–water partition coefficient (Wildman–Crippen LogP) is 1.44. The highest BCUT2D eigenvalue weighted by molar-refractivity contribution is 7.90. The number of piperidine rings is 1. The van der Waals surface area contributed by atoms with Gasteiger partial charge in [-0.2, -0.15) is 0 Å². The second kappa shape index (κ2) is 5.94. The summed E-state index contributed by atoms with van der Waals surface area (Å²) in [4.78, 5) is 0. The third-order valence-corrected chi connectivity index (χ3v) is 6.66. The molecule has 0 spiro atoms. The van der Waals surface area contributed by atoms with Crippen LogP contribution in [0.3, 0.4) is 0 Å². The second-order valence-electron chi connectivity index (χ2n) is 5.97. The minimum atomic E-state index is -3.01. The van der Waals surface area contributed by atoms with Crippen LogP contribution in [0.4, 0.5) is 0 Å². The van der Waals surface area contributed by atoms with Gasteiger partial charge in [-0.05, 0) is 43.4 Å². The molecule has 21 heavy (non-hydrogen) atoms. The van der Waals surface area contributed by atoms with E-state index in [0.717, 1.165) is 31.2 Å². The van der Waals surface area contributed by atoms with Gasteiger partial charge in [0.2, 0.25) is 10.0 Å². The highest BCUT2D eigenvalue weighted by Crippen LogP contribution is 2.32. The number of nitrogens with one attached hydrogen (secondary N) is 1. The van der Waals surface area contributed by atoms with E-state index in [2.05, 4.69) is 5.32 Å². The summed E-state index contributed by atoms with van der Waals surface area (Å²) in [6.45, 7) is 1.95. The normalized spacial score (nSPS) is 21.5. The first kappa shape index (κ1) is 14.8. The van der Waals surface area contributed by atoms with Crippen LogP contribution in [0, 0.1) is 0 Å². The van der Waals surface area contributed by atoms with Gasteiger partial charge in [-0.15, -0.1) is 0 Å². The first-order chi connectivity index (χ1) is 10.1. The van der Waals surface area contributed by atoms with Gasteiger partial charge in [-0.1, -0.05) is 12.1 Å². The average Bonchev–Trinajstić information content (AvgIpc) is 3.31. The van der Waals surface area contributed by atoms with Crippen LogP contribution in [-0.4, -0.2) is 42.2 Å². The van der Waals surface area contributed by atoms with Crippen molar-refractivity contribution in [2.24, 2.45) is 0 Å². The lowest BCUT2D eigenvalue weighted by atomic mass is 10.1. The molecule has 0 bridgehead atoms. The van der Waals surface area contributed by atoms with Crippen molar-refractivity contribution in [3.8, 4) is 5.75 Å². The van der Waals surface area contributed by atoms with Gasteiger partial charge in [0, 0.05) is 25.7 Å². The van der Waals surface area contributed by atoms with Crippen LogP contribution in [0.15, 0.2) is 24.3 Å². The lowest BCUT2D eigenvalue weighted by Crippen LogP contribution is -2.45. The molecule has 3 rings (SSSR count). The van der Waals surface area contributed by atoms with E-state index in [1.54, 1.807) is 16.4 Å². The predicted molar refractivity (Wildman–Crippen MR) is 81.5 cm³/mol. The number of hydrogen-bond donors (Lipinski definition) is 2. The first-order valence-electron chi connectivity index (χ1n) is 7.56. The van der Waals surface area contributed by atoms with Gasteiger partial charge in [0.1, 0.15) is 5.75 Å². The average molecular weight is 310 g/mol. The van der Waals surface area contributed by atoms with E-state index in [1.165, 1.54) is 0 Å². The largest absolute Gasteiger partial charge is 0.508 e. The van der Waals surface area contributed by atoms with E-state index in [4.69, 9.17) is 0 Å². The van der Waals surface area contributed by atoms with E-state index in [0.29, 0.717) is 25.7 Å². The summed E-state index contributed by atoms with van der Waals surface area (Å²) < 4.78 is 26.0. The van der Waals surface area contributed by atoms with Crippen molar-refractivity contribution in [3.63, 3.8) is 0 Å². The molecule has 2 fully saturated rings. The zero-order valence-electron chi connectivity index (χ0n) is 12.0. The number of nitrogens with zero attached hydrogens (tertiary/aromatic N) is 1. The number of hydrogen-bond acceptors (Lipinski definition) is 4. The Bertz CT molecular complexity index is 591. The van der Waals surface area contributed by atoms with Crippen molar-refractivity contribution < 1.29 is 13.5 Å². The van der Waals surface area contributed by atoms with Crippen LogP contribution in [0.25, 0.3) is 0 Å². The molecule has 0 amide bonds. The van der Waals surface area contributed by atoms with Crippen molar-refractivity contribution >= 4 is 10.0 Å². The summed E-state index contributed by atoms with van der Waals surface area (Å²) >= 11 is 0. The molecular formula is C15H22N2O3S. The second-order valence-corrected chi connectivity index (χ2v) is 8.18. The van der Waals surface area contributed by atoms with Gasteiger partial charge >= 0.3 is 0 Å². The molecule has 0 radical (unpaired) electrons. The van der Waals surface area contributed by atoms with Gasteiger partial charge in [0.15, 0.2) is 0 Å². The summed E-state index contributed by atoms with van der Waals surface area (Å²) in [7, 11) is -3.01.